The molecule has 2 saturated heterocycles. The predicted molar refractivity (Wildman–Crippen MR) is 103 cm³/mol. The number of benzene rings is 1. The third-order valence-electron chi connectivity index (χ3n) is 4.84. The number of nitrogens with zero attached hydrogens (tertiary/aromatic N) is 1. The molecule has 0 amide bonds. The van der Waals surface area contributed by atoms with Crippen LogP contribution in [0.25, 0.3) is 0 Å². The lowest BCUT2D eigenvalue weighted by Crippen LogP contribution is -2.48. The molecule has 1 atom stereocenters. The minimum Gasteiger partial charge on any atom is -0.381 e. The molecule has 2 aliphatic rings. The number of piperidine rings is 1. The molecule has 1 aromatic carbocycles. The molecule has 0 radical (unpaired) electrons. The van der Waals surface area contributed by atoms with E-state index in [2.05, 4.69) is 65.8 Å². The van der Waals surface area contributed by atoms with Gasteiger partial charge in [-0.1, -0.05) is 6.07 Å². The monoisotopic (exact) mass is 336 g/mol. The van der Waals surface area contributed by atoms with E-state index in [4.69, 9.17) is 0 Å². The summed E-state index contributed by atoms with van der Waals surface area (Å²) in [5.41, 5.74) is 4.05. The Morgan fingerprint density at radius 2 is 1.86 bits per heavy atom. The summed E-state index contributed by atoms with van der Waals surface area (Å²) in [6, 6.07) is 8.15. The van der Waals surface area contributed by atoms with Gasteiger partial charge in [-0.15, -0.1) is 0 Å². The Labute approximate surface area is 143 Å². The summed E-state index contributed by atoms with van der Waals surface area (Å²) >= 11 is 4.29. The number of likely N-dealkylation sites (tertiary alicyclic amines) is 1. The summed E-state index contributed by atoms with van der Waals surface area (Å²) in [7, 11) is 0. The molecule has 0 aliphatic carbocycles. The second kappa shape index (κ2) is 7.98. The van der Waals surface area contributed by atoms with E-state index in [-0.39, 0.29) is 0 Å². The van der Waals surface area contributed by atoms with E-state index < -0.39 is 0 Å². The molecule has 22 heavy (non-hydrogen) atoms. The average molecular weight is 337 g/mol. The molecule has 122 valence electrons. The van der Waals surface area contributed by atoms with Crippen LogP contribution in [0.4, 0.5) is 5.69 Å². The van der Waals surface area contributed by atoms with Gasteiger partial charge in [-0.2, -0.15) is 23.5 Å². The number of hydrogen-bond donors (Lipinski definition) is 1. The summed E-state index contributed by atoms with van der Waals surface area (Å²) in [5, 5.41) is 3.78. The van der Waals surface area contributed by atoms with E-state index in [9.17, 15) is 0 Å². The molecule has 4 heteroatoms. The largest absolute Gasteiger partial charge is 0.381 e. The van der Waals surface area contributed by atoms with Crippen LogP contribution in [0, 0.1) is 13.8 Å². The van der Waals surface area contributed by atoms with Crippen LogP contribution in [0.15, 0.2) is 18.2 Å². The van der Waals surface area contributed by atoms with Gasteiger partial charge in [-0.25, -0.2) is 0 Å². The quantitative estimate of drug-likeness (QED) is 0.896. The highest BCUT2D eigenvalue weighted by molar-refractivity contribution is 8.03. The molecule has 0 saturated carbocycles. The highest BCUT2D eigenvalue weighted by atomic mass is 32.2. The number of rotatable bonds is 3. The third-order valence-corrected chi connectivity index (χ3v) is 7.32. The lowest BCUT2D eigenvalue weighted by atomic mass is 10.0. The molecular formula is C18H28N2S2. The molecular weight excluding hydrogens is 308 g/mol. The first-order valence-electron chi connectivity index (χ1n) is 8.46. The Bertz CT molecular complexity index is 484. The van der Waals surface area contributed by atoms with Crippen LogP contribution < -0.4 is 5.32 Å². The second-order valence-electron chi connectivity index (χ2n) is 6.58. The molecule has 0 aromatic heterocycles. The Morgan fingerprint density at radius 3 is 2.59 bits per heavy atom. The summed E-state index contributed by atoms with van der Waals surface area (Å²) in [6.45, 7) is 6.88. The Balaban J connectivity index is 1.58. The van der Waals surface area contributed by atoms with Gasteiger partial charge in [-0.05, 0) is 56.5 Å². The first kappa shape index (κ1) is 16.5. The second-order valence-corrected chi connectivity index (χ2v) is 8.88. The number of anilines is 1. The van der Waals surface area contributed by atoms with E-state index in [0.717, 1.165) is 6.04 Å². The van der Waals surface area contributed by atoms with Crippen molar-refractivity contribution in [1.29, 1.82) is 0 Å². The van der Waals surface area contributed by atoms with Crippen molar-refractivity contribution in [3.05, 3.63) is 29.3 Å². The van der Waals surface area contributed by atoms with Crippen LogP contribution in [0.5, 0.6) is 0 Å². The minimum absolute atomic E-state index is 0.606. The number of thioether (sulfide) groups is 2. The lowest BCUT2D eigenvalue weighted by Gasteiger charge is -2.38. The van der Waals surface area contributed by atoms with Crippen molar-refractivity contribution in [3.8, 4) is 0 Å². The van der Waals surface area contributed by atoms with Crippen molar-refractivity contribution in [2.24, 2.45) is 0 Å². The zero-order chi connectivity index (χ0) is 15.4. The van der Waals surface area contributed by atoms with Crippen molar-refractivity contribution in [1.82, 2.24) is 4.90 Å². The SMILES string of the molecule is Cc1ccc(NC2CCCN(C3CSCCSC3)C2)cc1C. The van der Waals surface area contributed by atoms with Crippen molar-refractivity contribution < 1.29 is 0 Å². The van der Waals surface area contributed by atoms with E-state index in [1.165, 1.54) is 65.8 Å². The first-order valence-corrected chi connectivity index (χ1v) is 10.8. The molecule has 2 heterocycles. The van der Waals surface area contributed by atoms with Gasteiger partial charge in [0.2, 0.25) is 0 Å². The Hall–Kier alpha value is -0.320. The number of nitrogens with one attached hydrogen (secondary N) is 1. The molecule has 0 bridgehead atoms. The van der Waals surface area contributed by atoms with Crippen molar-refractivity contribution in [3.63, 3.8) is 0 Å². The molecule has 2 aliphatic heterocycles. The van der Waals surface area contributed by atoms with Crippen molar-refractivity contribution in [2.75, 3.05) is 41.4 Å². The molecule has 2 fully saturated rings. The van der Waals surface area contributed by atoms with E-state index in [1.807, 2.05) is 0 Å². The fourth-order valence-electron chi connectivity index (χ4n) is 3.34. The summed E-state index contributed by atoms with van der Waals surface area (Å²) in [5.74, 6) is 5.31. The number of hydrogen-bond acceptors (Lipinski definition) is 4. The van der Waals surface area contributed by atoms with Gasteiger partial charge in [0, 0.05) is 47.3 Å². The molecule has 1 N–H and O–H groups in total. The third kappa shape index (κ3) is 4.36. The average Bonchev–Trinajstić information content (AvgIpc) is 2.80. The van der Waals surface area contributed by atoms with Gasteiger partial charge in [-0.3, -0.25) is 4.90 Å². The van der Waals surface area contributed by atoms with Crippen LogP contribution in [0.2, 0.25) is 0 Å². The fourth-order valence-corrected chi connectivity index (χ4v) is 5.97. The minimum atomic E-state index is 0.606. The summed E-state index contributed by atoms with van der Waals surface area (Å²) in [4.78, 5) is 2.74. The van der Waals surface area contributed by atoms with Gasteiger partial charge in [0.15, 0.2) is 0 Å². The van der Waals surface area contributed by atoms with Crippen LogP contribution in [-0.4, -0.2) is 53.1 Å². The molecule has 1 unspecified atom stereocenters. The maximum absolute atomic E-state index is 3.78. The lowest BCUT2D eigenvalue weighted by molar-refractivity contribution is 0.180. The van der Waals surface area contributed by atoms with Gasteiger partial charge >= 0.3 is 0 Å². The highest BCUT2D eigenvalue weighted by Gasteiger charge is 2.26. The first-order chi connectivity index (χ1) is 10.7. The van der Waals surface area contributed by atoms with Crippen LogP contribution in [0.1, 0.15) is 24.0 Å². The molecule has 0 spiro atoms. The van der Waals surface area contributed by atoms with E-state index in [0.29, 0.717) is 6.04 Å². The number of aryl methyl sites for hydroxylation is 2. The predicted octanol–water partition coefficient (Wildman–Crippen LogP) is 4.03. The van der Waals surface area contributed by atoms with Gasteiger partial charge < -0.3 is 5.32 Å². The van der Waals surface area contributed by atoms with Crippen LogP contribution >= 0.6 is 23.5 Å². The Morgan fingerprint density at radius 1 is 1.09 bits per heavy atom. The smallest absolute Gasteiger partial charge is 0.0389 e. The Kier molecular flexibility index (Phi) is 6.00. The van der Waals surface area contributed by atoms with E-state index >= 15 is 0 Å². The molecule has 1 aromatic rings. The van der Waals surface area contributed by atoms with Crippen molar-refractivity contribution in [2.45, 2.75) is 38.8 Å². The summed E-state index contributed by atoms with van der Waals surface area (Å²) in [6.07, 6.45) is 2.63. The standard InChI is InChI=1S/C18H28N2S2/c1-14-5-6-16(10-15(14)2)19-17-4-3-7-20(11-17)18-12-21-8-9-22-13-18/h5-6,10,17-19H,3-4,7-9,11-13H2,1-2H3. The van der Waals surface area contributed by atoms with Crippen LogP contribution in [0.3, 0.4) is 0 Å². The normalized spacial score (nSPS) is 24.9. The molecule has 3 rings (SSSR count). The highest BCUT2D eigenvalue weighted by Crippen LogP contribution is 2.25. The molecule has 2 nitrogen and oxygen atoms in total. The zero-order valence-electron chi connectivity index (χ0n) is 13.8. The summed E-state index contributed by atoms with van der Waals surface area (Å²) < 4.78 is 0. The van der Waals surface area contributed by atoms with Gasteiger partial charge in [0.25, 0.3) is 0 Å². The van der Waals surface area contributed by atoms with Crippen LogP contribution in [-0.2, 0) is 0 Å². The topological polar surface area (TPSA) is 15.3 Å². The van der Waals surface area contributed by atoms with Gasteiger partial charge in [0.05, 0.1) is 0 Å². The maximum Gasteiger partial charge on any atom is 0.0389 e. The van der Waals surface area contributed by atoms with E-state index in [1.54, 1.807) is 0 Å². The van der Waals surface area contributed by atoms with Crippen molar-refractivity contribution >= 4 is 29.2 Å². The fraction of sp³-hybridized carbons (Fsp3) is 0.667. The zero-order valence-corrected chi connectivity index (χ0v) is 15.4. The van der Waals surface area contributed by atoms with Gasteiger partial charge in [0.1, 0.15) is 0 Å². The maximum atomic E-state index is 3.78.